The van der Waals surface area contributed by atoms with Crippen LogP contribution in [0.15, 0.2) is 69.0 Å². The third-order valence-electron chi connectivity index (χ3n) is 5.95. The molecule has 1 amide bonds. The number of anilines is 1. The lowest BCUT2D eigenvalue weighted by Crippen LogP contribution is -2.36. The molecule has 0 unspecified atom stereocenters. The number of thioether (sulfide) groups is 1. The Bertz CT molecular complexity index is 1270. The van der Waals surface area contributed by atoms with Crippen molar-refractivity contribution in [3.05, 3.63) is 80.9 Å². The summed E-state index contributed by atoms with van der Waals surface area (Å²) >= 11 is 4.79. The quantitative estimate of drug-likeness (QED) is 0.442. The minimum Gasteiger partial charge on any atom is -0.378 e. The number of aromatic nitrogens is 1. The molecule has 0 spiro atoms. The number of ether oxygens (including phenoxy) is 1. The Morgan fingerprint density at radius 1 is 1.03 bits per heavy atom. The fraction of sp³-hybridized carbons (Fsp3) is 0.231. The molecular weight excluding hydrogens is 512 g/mol. The number of amidine groups is 1. The van der Waals surface area contributed by atoms with Gasteiger partial charge < -0.3 is 19.5 Å². The lowest BCUT2D eigenvalue weighted by molar-refractivity contribution is -0.115. The van der Waals surface area contributed by atoms with Crippen LogP contribution in [0.5, 0.6) is 0 Å². The number of aliphatic imine (C=N–C) groups is 1. The number of hydrogen-bond acceptors (Lipinski definition) is 5. The molecule has 34 heavy (non-hydrogen) atoms. The van der Waals surface area contributed by atoms with Gasteiger partial charge in [0, 0.05) is 40.3 Å². The first-order chi connectivity index (χ1) is 16.5. The van der Waals surface area contributed by atoms with Crippen LogP contribution in [-0.2, 0) is 9.53 Å². The van der Waals surface area contributed by atoms with E-state index < -0.39 is 0 Å². The van der Waals surface area contributed by atoms with Gasteiger partial charge in [-0.3, -0.25) is 4.79 Å². The molecule has 1 N–H and O–H groups in total. The van der Waals surface area contributed by atoms with Gasteiger partial charge >= 0.3 is 0 Å². The molecule has 6 nitrogen and oxygen atoms in total. The van der Waals surface area contributed by atoms with Gasteiger partial charge in [0.25, 0.3) is 5.91 Å². The lowest BCUT2D eigenvalue weighted by Gasteiger charge is -2.29. The largest absolute Gasteiger partial charge is 0.378 e. The van der Waals surface area contributed by atoms with Gasteiger partial charge in [-0.1, -0.05) is 15.9 Å². The minimum atomic E-state index is -0.125. The number of halogens is 1. The van der Waals surface area contributed by atoms with E-state index in [1.165, 1.54) is 17.4 Å². The summed E-state index contributed by atoms with van der Waals surface area (Å²) < 4.78 is 8.68. The highest BCUT2D eigenvalue weighted by Gasteiger charge is 2.24. The van der Waals surface area contributed by atoms with Crippen molar-refractivity contribution >= 4 is 56.2 Å². The number of rotatable bonds is 4. The van der Waals surface area contributed by atoms with E-state index in [9.17, 15) is 4.79 Å². The molecule has 3 heterocycles. The zero-order valence-corrected chi connectivity index (χ0v) is 21.4. The van der Waals surface area contributed by atoms with Crippen LogP contribution in [0.2, 0.25) is 0 Å². The predicted molar refractivity (Wildman–Crippen MR) is 143 cm³/mol. The Morgan fingerprint density at radius 3 is 2.41 bits per heavy atom. The Kier molecular flexibility index (Phi) is 6.63. The van der Waals surface area contributed by atoms with E-state index in [-0.39, 0.29) is 5.91 Å². The average molecular weight is 537 g/mol. The highest BCUT2D eigenvalue weighted by molar-refractivity contribution is 9.10. The molecule has 2 aliphatic rings. The topological polar surface area (TPSA) is 58.9 Å². The van der Waals surface area contributed by atoms with Gasteiger partial charge in [0.15, 0.2) is 5.17 Å². The van der Waals surface area contributed by atoms with Crippen LogP contribution in [0.4, 0.5) is 11.4 Å². The first-order valence-electron chi connectivity index (χ1n) is 11.2. The summed E-state index contributed by atoms with van der Waals surface area (Å²) in [6.45, 7) is 7.57. The fourth-order valence-corrected chi connectivity index (χ4v) is 5.32. The standard InChI is InChI=1S/C26H25BrN4O2S/c1-17-15-19(16-24-25(32)29-26(34-24)28-21-5-3-20(27)4-6-21)18(2)31(17)23-9-7-22(8-10-23)30-11-13-33-14-12-30/h3-10,15-16H,11-14H2,1-2H3,(H,28,29,32)/b24-16-. The van der Waals surface area contributed by atoms with Crippen LogP contribution in [0.1, 0.15) is 17.0 Å². The van der Waals surface area contributed by atoms with Gasteiger partial charge in [0.1, 0.15) is 0 Å². The van der Waals surface area contributed by atoms with Gasteiger partial charge in [0.05, 0.1) is 23.8 Å². The summed E-state index contributed by atoms with van der Waals surface area (Å²) in [5.74, 6) is -0.125. The number of nitrogens with one attached hydrogen (secondary N) is 1. The van der Waals surface area contributed by atoms with E-state index in [4.69, 9.17) is 4.74 Å². The molecular formula is C26H25BrN4O2S. The van der Waals surface area contributed by atoms with Crippen LogP contribution in [0.3, 0.4) is 0 Å². The van der Waals surface area contributed by atoms with Gasteiger partial charge in [-0.25, -0.2) is 4.99 Å². The maximum Gasteiger partial charge on any atom is 0.264 e. The summed E-state index contributed by atoms with van der Waals surface area (Å²) in [4.78, 5) is 20.1. The molecule has 0 bridgehead atoms. The maximum absolute atomic E-state index is 12.6. The summed E-state index contributed by atoms with van der Waals surface area (Å²) in [7, 11) is 0. The number of nitrogens with zero attached hydrogens (tertiary/aromatic N) is 3. The fourth-order valence-electron chi connectivity index (χ4n) is 4.22. The molecule has 2 aromatic carbocycles. The predicted octanol–water partition coefficient (Wildman–Crippen LogP) is 5.58. The van der Waals surface area contributed by atoms with Crippen molar-refractivity contribution in [2.75, 3.05) is 31.2 Å². The Labute approximate surface area is 211 Å². The molecule has 2 aliphatic heterocycles. The number of morpholine rings is 1. The molecule has 3 aromatic rings. The van der Waals surface area contributed by atoms with Gasteiger partial charge in [-0.05, 0) is 91.8 Å². The first kappa shape index (κ1) is 23.0. The van der Waals surface area contributed by atoms with E-state index in [0.717, 1.165) is 59.1 Å². The number of carbonyl (C=O) groups excluding carboxylic acids is 1. The Morgan fingerprint density at radius 2 is 1.71 bits per heavy atom. The second kappa shape index (κ2) is 9.82. The lowest BCUT2D eigenvalue weighted by atomic mass is 10.2. The SMILES string of the molecule is Cc1cc(/C=C2\SC(=Nc3ccc(Br)cc3)NC2=O)c(C)n1-c1ccc(N2CCOCC2)cc1. The highest BCUT2D eigenvalue weighted by Crippen LogP contribution is 2.31. The molecule has 8 heteroatoms. The second-order valence-corrected chi connectivity index (χ2v) is 10.2. The number of carbonyl (C=O) groups is 1. The highest BCUT2D eigenvalue weighted by atomic mass is 79.9. The third-order valence-corrected chi connectivity index (χ3v) is 7.39. The van der Waals surface area contributed by atoms with Crippen LogP contribution in [-0.4, -0.2) is 41.9 Å². The van der Waals surface area contributed by atoms with Crippen molar-refractivity contribution < 1.29 is 9.53 Å². The van der Waals surface area contributed by atoms with Crippen LogP contribution < -0.4 is 10.2 Å². The normalized spacial score (nSPS) is 18.7. The maximum atomic E-state index is 12.6. The molecule has 1 aromatic heterocycles. The van der Waals surface area contributed by atoms with Gasteiger partial charge in [0.2, 0.25) is 0 Å². The van der Waals surface area contributed by atoms with Crippen molar-refractivity contribution in [1.29, 1.82) is 0 Å². The second-order valence-electron chi connectivity index (χ2n) is 8.24. The number of aryl methyl sites for hydroxylation is 1. The van der Waals surface area contributed by atoms with Crippen molar-refractivity contribution in [2.45, 2.75) is 13.8 Å². The van der Waals surface area contributed by atoms with Gasteiger partial charge in [-0.15, -0.1) is 0 Å². The molecule has 0 radical (unpaired) electrons. The molecule has 0 atom stereocenters. The van der Waals surface area contributed by atoms with Crippen LogP contribution in [0.25, 0.3) is 11.8 Å². The van der Waals surface area contributed by atoms with Crippen molar-refractivity contribution in [1.82, 2.24) is 9.88 Å². The molecule has 2 fully saturated rings. The molecule has 5 rings (SSSR count). The molecule has 174 valence electrons. The zero-order chi connectivity index (χ0) is 23.7. The Hall–Kier alpha value is -2.81. The minimum absolute atomic E-state index is 0.125. The monoisotopic (exact) mass is 536 g/mol. The molecule has 0 aliphatic carbocycles. The van der Waals surface area contributed by atoms with E-state index in [1.54, 1.807) is 0 Å². The van der Waals surface area contributed by atoms with E-state index in [0.29, 0.717) is 10.1 Å². The summed E-state index contributed by atoms with van der Waals surface area (Å²) in [5, 5.41) is 3.46. The van der Waals surface area contributed by atoms with E-state index in [2.05, 4.69) is 79.9 Å². The van der Waals surface area contributed by atoms with E-state index >= 15 is 0 Å². The molecule has 2 saturated heterocycles. The van der Waals surface area contributed by atoms with E-state index in [1.807, 2.05) is 30.3 Å². The first-order valence-corrected chi connectivity index (χ1v) is 12.8. The molecule has 0 saturated carbocycles. The average Bonchev–Trinajstić information content (AvgIpc) is 3.33. The zero-order valence-electron chi connectivity index (χ0n) is 19.0. The summed E-state index contributed by atoms with van der Waals surface area (Å²) in [6.07, 6.45) is 1.95. The number of amides is 1. The smallest absolute Gasteiger partial charge is 0.264 e. The van der Waals surface area contributed by atoms with Crippen molar-refractivity contribution in [3.63, 3.8) is 0 Å². The van der Waals surface area contributed by atoms with Crippen LogP contribution in [0, 0.1) is 13.8 Å². The summed E-state index contributed by atoms with van der Waals surface area (Å²) in [6, 6.07) is 18.4. The Balaban J connectivity index is 1.37. The van der Waals surface area contributed by atoms with Crippen molar-refractivity contribution in [3.8, 4) is 5.69 Å². The number of benzene rings is 2. The third kappa shape index (κ3) is 4.85. The van der Waals surface area contributed by atoms with Gasteiger partial charge in [-0.2, -0.15) is 0 Å². The number of hydrogen-bond donors (Lipinski definition) is 1. The van der Waals surface area contributed by atoms with Crippen molar-refractivity contribution in [2.24, 2.45) is 4.99 Å². The summed E-state index contributed by atoms with van der Waals surface area (Å²) in [5.41, 5.74) is 6.36. The van der Waals surface area contributed by atoms with Crippen LogP contribution >= 0.6 is 27.7 Å².